The normalized spacial score (nSPS) is 10.5. The summed E-state index contributed by atoms with van der Waals surface area (Å²) in [6.45, 7) is 32.0. The van der Waals surface area contributed by atoms with Crippen LogP contribution < -0.4 is 0 Å². The smallest absolute Gasteiger partial charge is 0.0149 e. The topological polar surface area (TPSA) is 0 Å². The molecule has 0 unspecified atom stereocenters. The number of aryl methyl sites for hydroxylation is 2. The number of benzene rings is 2. The lowest BCUT2D eigenvalue weighted by atomic mass is 9.87. The van der Waals surface area contributed by atoms with Gasteiger partial charge >= 0.3 is 0 Å². The molecule has 0 saturated heterocycles. The summed E-state index contributed by atoms with van der Waals surface area (Å²) in [5.41, 5.74) is 14.3. The van der Waals surface area contributed by atoms with Crippen LogP contribution in [0.15, 0.2) is 72.4 Å². The molecular weight excluding hydrogens is 444 g/mol. The average Bonchev–Trinajstić information content (AvgIpc) is 2.86. The number of hydrogen-bond acceptors (Lipinski definition) is 0. The third-order valence-electron chi connectivity index (χ3n) is 6.59. The van der Waals surface area contributed by atoms with Gasteiger partial charge in [-0.15, -0.1) is 0 Å². The molecule has 0 saturated carbocycles. The summed E-state index contributed by atoms with van der Waals surface area (Å²) in [5.74, 6) is 0. The summed E-state index contributed by atoms with van der Waals surface area (Å²) in [7, 11) is 0. The van der Waals surface area contributed by atoms with Crippen LogP contribution in [0.5, 0.6) is 0 Å². The SMILES string of the molecule is C/C=C(\C)C=C(CCC)CCC.C=C(C)C(=C)c1ccc(-c2ccc(C)cc2CC)c(C)c1C.CCC. The summed E-state index contributed by atoms with van der Waals surface area (Å²) < 4.78 is 0. The van der Waals surface area contributed by atoms with Gasteiger partial charge in [0.05, 0.1) is 0 Å². The van der Waals surface area contributed by atoms with E-state index in [0.29, 0.717) is 0 Å². The molecule has 2 rings (SSSR count). The number of hydrogen-bond donors (Lipinski definition) is 0. The third-order valence-corrected chi connectivity index (χ3v) is 6.59. The Hall–Kier alpha value is -2.60. The minimum Gasteiger partial charge on any atom is -0.0955 e. The first-order valence-corrected chi connectivity index (χ1v) is 14.4. The maximum absolute atomic E-state index is 4.17. The van der Waals surface area contributed by atoms with Gasteiger partial charge in [0.2, 0.25) is 0 Å². The first kappa shape index (κ1) is 34.4. The van der Waals surface area contributed by atoms with Crippen LogP contribution in [0.1, 0.15) is 115 Å². The van der Waals surface area contributed by atoms with Crippen LogP contribution in [0.4, 0.5) is 0 Å². The van der Waals surface area contributed by atoms with Crippen molar-refractivity contribution in [2.75, 3.05) is 0 Å². The van der Waals surface area contributed by atoms with E-state index in [2.05, 4.69) is 125 Å². The van der Waals surface area contributed by atoms with Crippen molar-refractivity contribution < 1.29 is 0 Å². The fourth-order valence-corrected chi connectivity index (χ4v) is 4.26. The van der Waals surface area contributed by atoms with E-state index >= 15 is 0 Å². The molecule has 0 aliphatic rings. The Bertz CT molecular complexity index is 1050. The lowest BCUT2D eigenvalue weighted by Gasteiger charge is -2.17. The van der Waals surface area contributed by atoms with Gasteiger partial charge in [-0.1, -0.05) is 132 Å². The first-order chi connectivity index (χ1) is 17.5. The van der Waals surface area contributed by atoms with Crippen LogP contribution in [0.2, 0.25) is 0 Å². The lowest BCUT2D eigenvalue weighted by Crippen LogP contribution is -1.97. The minimum absolute atomic E-state index is 1.03. The van der Waals surface area contributed by atoms with Crippen LogP contribution >= 0.6 is 0 Å². The zero-order valence-corrected chi connectivity index (χ0v) is 26.2. The van der Waals surface area contributed by atoms with Crippen LogP contribution in [0.3, 0.4) is 0 Å². The highest BCUT2D eigenvalue weighted by Gasteiger charge is 2.12. The Morgan fingerprint density at radius 2 is 1.32 bits per heavy atom. The summed E-state index contributed by atoms with van der Waals surface area (Å²) in [6, 6.07) is 11.2. The van der Waals surface area contributed by atoms with Gasteiger partial charge in [-0.3, -0.25) is 0 Å². The Labute approximate surface area is 231 Å². The largest absolute Gasteiger partial charge is 0.0955 e. The minimum atomic E-state index is 1.03. The van der Waals surface area contributed by atoms with Crippen molar-refractivity contribution in [1.82, 2.24) is 0 Å². The van der Waals surface area contributed by atoms with E-state index < -0.39 is 0 Å². The van der Waals surface area contributed by atoms with Gasteiger partial charge in [0.15, 0.2) is 0 Å². The molecule has 204 valence electrons. The fraction of sp³-hybridized carbons (Fsp3) is 0.459. The molecule has 0 amide bonds. The monoisotopic (exact) mass is 500 g/mol. The van der Waals surface area contributed by atoms with Crippen molar-refractivity contribution in [1.29, 1.82) is 0 Å². The zero-order chi connectivity index (χ0) is 28.5. The van der Waals surface area contributed by atoms with Gasteiger partial charge in [0, 0.05) is 0 Å². The van der Waals surface area contributed by atoms with Gasteiger partial charge in [-0.2, -0.15) is 0 Å². The van der Waals surface area contributed by atoms with E-state index in [0.717, 1.165) is 17.6 Å². The fourth-order valence-electron chi connectivity index (χ4n) is 4.26. The van der Waals surface area contributed by atoms with Gasteiger partial charge in [-0.25, -0.2) is 0 Å². The predicted molar refractivity (Wildman–Crippen MR) is 173 cm³/mol. The van der Waals surface area contributed by atoms with Gasteiger partial charge in [0.25, 0.3) is 0 Å². The van der Waals surface area contributed by atoms with E-state index in [4.69, 9.17) is 0 Å². The van der Waals surface area contributed by atoms with Crippen LogP contribution in [0.25, 0.3) is 16.7 Å². The third kappa shape index (κ3) is 11.5. The summed E-state index contributed by atoms with van der Waals surface area (Å²) in [6.07, 6.45) is 11.9. The standard InChI is InChI=1S/C22H26.C12H22.C3H8/c1-8-19-13-15(4)9-10-22(19)21-12-11-20(16(5)14(2)3)17(6)18(21)7;1-5-8-12(9-6-2)10-11(4)7-3;1-3-2/h9-13H,2,5,8H2,1,3-4,6-7H3;7,10H,5-6,8-9H2,1-4H3;3H2,1-2H3/b;11-7+;. The summed E-state index contributed by atoms with van der Waals surface area (Å²) in [5, 5.41) is 0. The van der Waals surface area contributed by atoms with E-state index in [1.807, 2.05) is 6.92 Å². The number of rotatable bonds is 9. The molecular formula is C37H56. The van der Waals surface area contributed by atoms with Crippen LogP contribution in [-0.2, 0) is 6.42 Å². The van der Waals surface area contributed by atoms with E-state index in [1.54, 1.807) is 5.57 Å². The van der Waals surface area contributed by atoms with Crippen molar-refractivity contribution in [3.05, 3.63) is 100 Å². The van der Waals surface area contributed by atoms with Crippen LogP contribution in [-0.4, -0.2) is 0 Å². The Kier molecular flexibility index (Phi) is 17.3. The molecule has 0 aliphatic heterocycles. The lowest BCUT2D eigenvalue weighted by molar-refractivity contribution is 0.802. The van der Waals surface area contributed by atoms with Crippen LogP contribution in [0, 0.1) is 20.8 Å². The van der Waals surface area contributed by atoms with Crippen molar-refractivity contribution >= 4 is 5.57 Å². The molecule has 0 nitrogen and oxygen atoms in total. The number of allylic oxidation sites excluding steroid dienone is 6. The molecule has 0 atom stereocenters. The van der Waals surface area contributed by atoms with Crippen molar-refractivity contribution in [3.63, 3.8) is 0 Å². The molecule has 0 spiro atoms. The van der Waals surface area contributed by atoms with Crippen molar-refractivity contribution in [3.8, 4) is 11.1 Å². The molecule has 0 heterocycles. The molecule has 0 aromatic heterocycles. The highest BCUT2D eigenvalue weighted by molar-refractivity contribution is 5.82. The molecule has 0 heteroatoms. The average molecular weight is 501 g/mol. The van der Waals surface area contributed by atoms with E-state index in [9.17, 15) is 0 Å². The highest BCUT2D eigenvalue weighted by atomic mass is 14.2. The highest BCUT2D eigenvalue weighted by Crippen LogP contribution is 2.34. The molecule has 37 heavy (non-hydrogen) atoms. The summed E-state index contributed by atoms with van der Waals surface area (Å²) in [4.78, 5) is 0. The molecule has 2 aromatic rings. The first-order valence-electron chi connectivity index (χ1n) is 14.4. The van der Waals surface area contributed by atoms with Gasteiger partial charge < -0.3 is 0 Å². The van der Waals surface area contributed by atoms with Gasteiger partial charge in [0.1, 0.15) is 0 Å². The predicted octanol–water partition coefficient (Wildman–Crippen LogP) is 12.3. The quantitative estimate of drug-likeness (QED) is 0.300. The Morgan fingerprint density at radius 3 is 1.78 bits per heavy atom. The Balaban J connectivity index is 0.000000732. The zero-order valence-electron chi connectivity index (χ0n) is 26.2. The molecule has 0 fully saturated rings. The van der Waals surface area contributed by atoms with Crippen molar-refractivity contribution in [2.24, 2.45) is 0 Å². The molecule has 2 aromatic carbocycles. The molecule has 0 radical (unpaired) electrons. The second kappa shape index (κ2) is 18.6. The maximum Gasteiger partial charge on any atom is -0.0149 e. The second-order valence-electron chi connectivity index (χ2n) is 10.2. The second-order valence-corrected chi connectivity index (χ2v) is 10.2. The van der Waals surface area contributed by atoms with Crippen molar-refractivity contribution in [2.45, 2.75) is 115 Å². The molecule has 0 N–H and O–H groups in total. The van der Waals surface area contributed by atoms with E-state index in [1.165, 1.54) is 76.6 Å². The maximum atomic E-state index is 4.17. The van der Waals surface area contributed by atoms with Gasteiger partial charge in [-0.05, 0) is 99.8 Å². The molecule has 0 aliphatic carbocycles. The van der Waals surface area contributed by atoms with E-state index in [-0.39, 0.29) is 0 Å². The Morgan fingerprint density at radius 1 is 0.784 bits per heavy atom. The summed E-state index contributed by atoms with van der Waals surface area (Å²) >= 11 is 0. The molecule has 0 bridgehead atoms.